The van der Waals surface area contributed by atoms with E-state index in [2.05, 4.69) is 39.0 Å². The number of para-hydroxylation sites is 1. The number of nitrogens with zero attached hydrogens (tertiary/aromatic N) is 3. The molecule has 0 radical (unpaired) electrons. The number of fused-ring (bicyclic) bond motifs is 5. The van der Waals surface area contributed by atoms with E-state index in [9.17, 15) is 4.79 Å². The molecule has 4 heterocycles. The topological polar surface area (TPSA) is 36.4 Å². The third kappa shape index (κ3) is 2.90. The molecule has 0 spiro atoms. The van der Waals surface area contributed by atoms with E-state index in [1.165, 1.54) is 36.6 Å². The maximum atomic E-state index is 13.0. The summed E-state index contributed by atoms with van der Waals surface area (Å²) in [6.07, 6.45) is 8.14. The maximum absolute atomic E-state index is 13.0. The van der Waals surface area contributed by atoms with E-state index in [4.69, 9.17) is 0 Å². The van der Waals surface area contributed by atoms with Crippen molar-refractivity contribution in [2.45, 2.75) is 44.7 Å². The molecule has 4 nitrogen and oxygen atoms in total. The first-order chi connectivity index (χ1) is 12.8. The van der Waals surface area contributed by atoms with Gasteiger partial charge in [-0.3, -0.25) is 14.7 Å². The molecule has 3 aliphatic heterocycles. The SMILES string of the molecule is O=C1[C@H]2CC[C@H](CN(Cc3ccnc4ccccc34)C2)N1CC1CCC1. The van der Waals surface area contributed by atoms with Crippen LogP contribution in [0.25, 0.3) is 10.9 Å². The molecule has 6 rings (SSSR count). The Labute approximate surface area is 155 Å². The second kappa shape index (κ2) is 6.66. The van der Waals surface area contributed by atoms with Gasteiger partial charge in [-0.1, -0.05) is 24.6 Å². The maximum Gasteiger partial charge on any atom is 0.227 e. The molecule has 26 heavy (non-hydrogen) atoms. The zero-order chi connectivity index (χ0) is 17.5. The van der Waals surface area contributed by atoms with Crippen molar-refractivity contribution < 1.29 is 4.79 Å². The van der Waals surface area contributed by atoms with E-state index in [-0.39, 0.29) is 5.92 Å². The molecule has 4 aliphatic rings. The Morgan fingerprint density at radius 2 is 1.92 bits per heavy atom. The lowest BCUT2D eigenvalue weighted by Gasteiger charge is -2.40. The Balaban J connectivity index is 1.37. The first-order valence-electron chi connectivity index (χ1n) is 10.1. The standard InChI is InChI=1S/C22H27N3O/c26-22-18-8-9-19(25(22)12-16-4-3-5-16)15-24(14-18)13-17-10-11-23-21-7-2-1-6-20(17)21/h1-2,6-7,10-11,16,18-19H,3-5,8-9,12-15H2/t18-,19+/m0/s1. The lowest BCUT2D eigenvalue weighted by atomic mass is 9.83. The van der Waals surface area contributed by atoms with E-state index in [1.54, 1.807) is 0 Å². The smallest absolute Gasteiger partial charge is 0.227 e. The average molecular weight is 349 g/mol. The van der Waals surface area contributed by atoms with Crippen LogP contribution in [0.5, 0.6) is 0 Å². The van der Waals surface area contributed by atoms with E-state index in [0.29, 0.717) is 11.9 Å². The van der Waals surface area contributed by atoms with Gasteiger partial charge in [0.2, 0.25) is 5.91 Å². The number of amides is 1. The first-order valence-corrected chi connectivity index (χ1v) is 10.1. The zero-order valence-corrected chi connectivity index (χ0v) is 15.3. The van der Waals surface area contributed by atoms with E-state index < -0.39 is 0 Å². The van der Waals surface area contributed by atoms with Crippen LogP contribution in [0.4, 0.5) is 0 Å². The van der Waals surface area contributed by atoms with Crippen molar-refractivity contribution >= 4 is 16.8 Å². The minimum Gasteiger partial charge on any atom is -0.338 e. The van der Waals surface area contributed by atoms with Crippen molar-refractivity contribution in [1.29, 1.82) is 0 Å². The number of hydrogen-bond donors (Lipinski definition) is 0. The molecule has 3 saturated heterocycles. The van der Waals surface area contributed by atoms with Gasteiger partial charge in [-0.25, -0.2) is 0 Å². The van der Waals surface area contributed by atoms with Crippen molar-refractivity contribution in [3.8, 4) is 0 Å². The molecule has 4 fully saturated rings. The van der Waals surface area contributed by atoms with Crippen LogP contribution in [0.2, 0.25) is 0 Å². The summed E-state index contributed by atoms with van der Waals surface area (Å²) in [4.78, 5) is 22.2. The summed E-state index contributed by atoms with van der Waals surface area (Å²) < 4.78 is 0. The average Bonchev–Trinajstić information content (AvgIpc) is 2.89. The Morgan fingerprint density at radius 3 is 2.77 bits per heavy atom. The lowest BCUT2D eigenvalue weighted by Crippen LogP contribution is -2.50. The van der Waals surface area contributed by atoms with Crippen LogP contribution in [0.15, 0.2) is 36.5 Å². The van der Waals surface area contributed by atoms with Gasteiger partial charge in [0.15, 0.2) is 0 Å². The van der Waals surface area contributed by atoms with Crippen LogP contribution in [-0.4, -0.2) is 46.4 Å². The summed E-state index contributed by atoms with van der Waals surface area (Å²) in [6, 6.07) is 10.9. The largest absolute Gasteiger partial charge is 0.338 e. The zero-order valence-electron chi connectivity index (χ0n) is 15.3. The van der Waals surface area contributed by atoms with Gasteiger partial charge in [-0.15, -0.1) is 0 Å². The van der Waals surface area contributed by atoms with Gasteiger partial charge in [0, 0.05) is 43.8 Å². The fraction of sp³-hybridized carbons (Fsp3) is 0.545. The molecule has 0 N–H and O–H groups in total. The molecular weight excluding hydrogens is 322 g/mol. The summed E-state index contributed by atoms with van der Waals surface area (Å²) in [5, 5.41) is 1.24. The van der Waals surface area contributed by atoms with Gasteiger partial charge in [0.1, 0.15) is 0 Å². The Kier molecular flexibility index (Phi) is 4.16. The number of hydrogen-bond acceptors (Lipinski definition) is 3. The number of pyridine rings is 1. The highest BCUT2D eigenvalue weighted by Crippen LogP contribution is 2.34. The van der Waals surface area contributed by atoms with Crippen LogP contribution >= 0.6 is 0 Å². The predicted octanol–water partition coefficient (Wildman–Crippen LogP) is 3.46. The van der Waals surface area contributed by atoms with Crippen molar-refractivity contribution in [2.24, 2.45) is 11.8 Å². The molecule has 1 saturated carbocycles. The molecule has 1 amide bonds. The molecule has 1 aliphatic carbocycles. The number of carbonyl (C=O) groups is 1. The minimum atomic E-state index is 0.196. The van der Waals surface area contributed by atoms with Gasteiger partial charge < -0.3 is 4.90 Å². The van der Waals surface area contributed by atoms with Crippen LogP contribution in [0, 0.1) is 11.8 Å². The Morgan fingerprint density at radius 1 is 1.04 bits per heavy atom. The number of benzene rings is 1. The predicted molar refractivity (Wildman–Crippen MR) is 103 cm³/mol. The number of carbonyl (C=O) groups excluding carboxylic acids is 1. The molecule has 136 valence electrons. The molecule has 1 aromatic carbocycles. The van der Waals surface area contributed by atoms with Crippen LogP contribution < -0.4 is 0 Å². The van der Waals surface area contributed by atoms with E-state index >= 15 is 0 Å². The number of aromatic nitrogens is 1. The fourth-order valence-electron chi connectivity index (χ4n) is 4.99. The molecule has 2 aromatic rings. The van der Waals surface area contributed by atoms with Crippen LogP contribution in [0.1, 0.15) is 37.7 Å². The van der Waals surface area contributed by atoms with Gasteiger partial charge in [-0.2, -0.15) is 0 Å². The van der Waals surface area contributed by atoms with Gasteiger partial charge in [0.25, 0.3) is 0 Å². The first kappa shape index (κ1) is 16.2. The second-order valence-electron chi connectivity index (χ2n) is 8.40. The number of rotatable bonds is 4. The van der Waals surface area contributed by atoms with E-state index in [0.717, 1.165) is 44.0 Å². The minimum absolute atomic E-state index is 0.196. The summed E-state index contributed by atoms with van der Waals surface area (Å²) in [6.45, 7) is 3.85. The van der Waals surface area contributed by atoms with Crippen molar-refractivity contribution in [3.05, 3.63) is 42.1 Å². The van der Waals surface area contributed by atoms with Gasteiger partial charge in [0.05, 0.1) is 11.4 Å². The molecule has 4 heteroatoms. The quantitative estimate of drug-likeness (QED) is 0.848. The van der Waals surface area contributed by atoms with Crippen molar-refractivity contribution in [1.82, 2.24) is 14.8 Å². The molecule has 1 aromatic heterocycles. The third-order valence-corrected chi connectivity index (χ3v) is 6.68. The lowest BCUT2D eigenvalue weighted by molar-refractivity contribution is -0.141. The molecule has 2 atom stereocenters. The molecule has 0 unspecified atom stereocenters. The fourth-order valence-corrected chi connectivity index (χ4v) is 4.99. The van der Waals surface area contributed by atoms with E-state index in [1.807, 2.05) is 12.3 Å². The molecular formula is C22H27N3O. The Hall–Kier alpha value is -1.94. The van der Waals surface area contributed by atoms with Crippen molar-refractivity contribution in [3.63, 3.8) is 0 Å². The van der Waals surface area contributed by atoms with Gasteiger partial charge >= 0.3 is 0 Å². The van der Waals surface area contributed by atoms with Gasteiger partial charge in [-0.05, 0) is 49.3 Å². The summed E-state index contributed by atoms with van der Waals surface area (Å²) in [5.74, 6) is 1.38. The third-order valence-electron chi connectivity index (χ3n) is 6.68. The van der Waals surface area contributed by atoms with Crippen molar-refractivity contribution in [2.75, 3.05) is 19.6 Å². The summed E-state index contributed by atoms with van der Waals surface area (Å²) in [7, 11) is 0. The second-order valence-corrected chi connectivity index (χ2v) is 8.40. The Bertz CT molecular complexity index is 811. The van der Waals surface area contributed by atoms with Crippen LogP contribution in [-0.2, 0) is 11.3 Å². The highest BCUT2D eigenvalue weighted by atomic mass is 16.2. The molecule has 2 bridgehead atoms. The monoisotopic (exact) mass is 349 g/mol. The highest BCUT2D eigenvalue weighted by Gasteiger charge is 2.41. The normalized spacial score (nSPS) is 26.9. The summed E-state index contributed by atoms with van der Waals surface area (Å²) >= 11 is 0. The number of piperidine rings is 1. The van der Waals surface area contributed by atoms with Crippen LogP contribution in [0.3, 0.4) is 0 Å². The highest BCUT2D eigenvalue weighted by molar-refractivity contribution is 5.82. The summed E-state index contributed by atoms with van der Waals surface area (Å²) in [5.41, 5.74) is 2.39.